The Bertz CT molecular complexity index is 3470. The SMILES string of the molecule is CC1(C)c2ccc3c(c2)Sc2ccccc2N3c2c(C#N)c(C#N)c3c4c2C(C)(C)C2(c5cc1ccc5-c1ccc(cc12)C1(C)c2cc5c(cc21)N3c1ccccc1S5)C4(C)C. The van der Waals surface area contributed by atoms with Gasteiger partial charge in [-0.1, -0.05) is 132 Å². The molecule has 5 heterocycles. The molecule has 0 aromatic heterocycles. The molecule has 0 saturated carbocycles. The first kappa shape index (κ1) is 35.4. The van der Waals surface area contributed by atoms with Gasteiger partial charge in [0, 0.05) is 46.7 Å². The third-order valence-electron chi connectivity index (χ3n) is 16.6. The highest BCUT2D eigenvalue weighted by molar-refractivity contribution is 8.00. The molecule has 5 aliphatic heterocycles. The Balaban J connectivity index is 1.28. The number of rotatable bonds is 0. The second kappa shape index (κ2) is 10.7. The summed E-state index contributed by atoms with van der Waals surface area (Å²) < 4.78 is 0. The van der Waals surface area contributed by atoms with Crippen LogP contribution in [0, 0.1) is 22.7 Å². The van der Waals surface area contributed by atoms with Crippen LogP contribution in [0.25, 0.3) is 11.1 Å². The van der Waals surface area contributed by atoms with E-state index in [-0.39, 0.29) is 10.8 Å². The molecule has 7 aromatic carbocycles. The van der Waals surface area contributed by atoms with Gasteiger partial charge in [0.05, 0.1) is 45.3 Å². The van der Waals surface area contributed by atoms with Gasteiger partial charge in [0.1, 0.15) is 12.1 Å². The maximum Gasteiger partial charge on any atom is 0.103 e. The van der Waals surface area contributed by atoms with E-state index in [0.29, 0.717) is 11.1 Å². The van der Waals surface area contributed by atoms with Gasteiger partial charge in [0.25, 0.3) is 0 Å². The number of hydrogen-bond donors (Lipinski definition) is 0. The summed E-state index contributed by atoms with van der Waals surface area (Å²) in [5.74, 6) is 0. The number of hydrogen-bond acceptors (Lipinski definition) is 6. The standard InChI is InChI=1S/C56H40N4S2/c1-52(2)29-16-19-32-33-20-17-31-23-37(33)56(36(32)22-29)53(3,4)48-49(54(56,5)6)51(60-41-13-9-11-15-45(41)62-47-26-39-38(25-43(47)60)55(31,39)7)35(28-58)34(27-57)50(48)59-40-12-8-10-14-44(40)61-46-24-30(52)18-21-42(46)59/h8-26H,1-7H3. The van der Waals surface area contributed by atoms with E-state index in [1.54, 1.807) is 11.8 Å². The highest BCUT2D eigenvalue weighted by Gasteiger charge is 2.70. The van der Waals surface area contributed by atoms with Crippen molar-refractivity contribution in [3.8, 4) is 23.3 Å². The number of para-hydroxylation sites is 2. The summed E-state index contributed by atoms with van der Waals surface area (Å²) in [7, 11) is 0. The molecular weight excluding hydrogens is 793 g/mol. The summed E-state index contributed by atoms with van der Waals surface area (Å²) in [6, 6.07) is 49.3. The fourth-order valence-electron chi connectivity index (χ4n) is 13.8. The average molecular weight is 833 g/mol. The summed E-state index contributed by atoms with van der Waals surface area (Å²) in [6.07, 6.45) is 0. The van der Waals surface area contributed by atoms with Gasteiger partial charge in [-0.05, 0) is 117 Å². The van der Waals surface area contributed by atoms with Crippen molar-refractivity contribution in [2.75, 3.05) is 9.80 Å². The van der Waals surface area contributed by atoms with Gasteiger partial charge in [0.2, 0.25) is 0 Å². The largest absolute Gasteiger partial charge is 0.307 e. The number of fused-ring (bicyclic) bond motifs is 9. The Labute approximate surface area is 370 Å². The fourth-order valence-corrected chi connectivity index (χ4v) is 15.9. The third-order valence-corrected chi connectivity index (χ3v) is 18.8. The predicted molar refractivity (Wildman–Crippen MR) is 250 cm³/mol. The zero-order valence-corrected chi connectivity index (χ0v) is 37.2. The molecule has 0 amide bonds. The molecule has 13 bridgehead atoms. The number of anilines is 6. The zero-order valence-electron chi connectivity index (χ0n) is 35.6. The Morgan fingerprint density at radius 2 is 0.919 bits per heavy atom. The molecule has 8 aliphatic rings. The Hall–Kier alpha value is -6.18. The minimum absolute atomic E-state index is 0.267. The van der Waals surface area contributed by atoms with Crippen molar-refractivity contribution < 1.29 is 0 Å². The molecule has 0 radical (unpaired) electrons. The number of benzene rings is 7. The molecule has 0 fully saturated rings. The number of nitriles is 2. The summed E-state index contributed by atoms with van der Waals surface area (Å²) in [6.45, 7) is 17.0. The van der Waals surface area contributed by atoms with Crippen molar-refractivity contribution in [1.29, 1.82) is 10.5 Å². The van der Waals surface area contributed by atoms with Crippen LogP contribution in [0.4, 0.5) is 34.1 Å². The van der Waals surface area contributed by atoms with Crippen molar-refractivity contribution in [2.24, 2.45) is 0 Å². The van der Waals surface area contributed by atoms with Crippen LogP contribution >= 0.6 is 23.5 Å². The Kier molecular flexibility index (Phi) is 6.11. The summed E-state index contributed by atoms with van der Waals surface area (Å²) in [5, 5.41) is 23.9. The second-order valence-corrected chi connectivity index (χ2v) is 22.2. The monoisotopic (exact) mass is 832 g/mol. The average Bonchev–Trinajstić information content (AvgIpc) is 3.66. The smallest absolute Gasteiger partial charge is 0.103 e. The molecule has 4 nitrogen and oxygen atoms in total. The van der Waals surface area contributed by atoms with Crippen LogP contribution in [-0.2, 0) is 27.1 Å². The lowest BCUT2D eigenvalue weighted by Gasteiger charge is -2.50. The third kappa shape index (κ3) is 3.58. The summed E-state index contributed by atoms with van der Waals surface area (Å²) in [5.41, 5.74) is 18.2. The molecule has 6 heteroatoms. The quantitative estimate of drug-likeness (QED) is 0.152. The first-order valence-corrected chi connectivity index (χ1v) is 23.3. The van der Waals surface area contributed by atoms with Gasteiger partial charge in [-0.25, -0.2) is 0 Å². The van der Waals surface area contributed by atoms with Crippen molar-refractivity contribution >= 4 is 57.6 Å². The van der Waals surface area contributed by atoms with Gasteiger partial charge in [-0.15, -0.1) is 0 Å². The van der Waals surface area contributed by atoms with Crippen LogP contribution in [0.3, 0.4) is 0 Å². The molecule has 62 heavy (non-hydrogen) atoms. The van der Waals surface area contributed by atoms with E-state index in [4.69, 9.17) is 0 Å². The molecule has 2 atom stereocenters. The zero-order chi connectivity index (χ0) is 42.2. The summed E-state index contributed by atoms with van der Waals surface area (Å²) in [4.78, 5) is 9.34. The molecule has 0 N–H and O–H groups in total. The van der Waals surface area contributed by atoms with E-state index in [1.807, 2.05) is 11.8 Å². The van der Waals surface area contributed by atoms with Crippen LogP contribution in [0.5, 0.6) is 0 Å². The van der Waals surface area contributed by atoms with Crippen LogP contribution in [0.1, 0.15) is 110 Å². The predicted octanol–water partition coefficient (Wildman–Crippen LogP) is 14.5. The molecule has 7 aromatic rings. The van der Waals surface area contributed by atoms with Crippen molar-refractivity contribution in [3.05, 3.63) is 176 Å². The molecule has 15 rings (SSSR count). The van der Waals surface area contributed by atoms with E-state index in [2.05, 4.69) is 186 Å². The Morgan fingerprint density at radius 1 is 0.452 bits per heavy atom. The minimum atomic E-state index is -0.627. The van der Waals surface area contributed by atoms with Gasteiger partial charge < -0.3 is 9.80 Å². The van der Waals surface area contributed by atoms with Crippen LogP contribution in [0.15, 0.2) is 135 Å². The highest BCUT2D eigenvalue weighted by Crippen LogP contribution is 2.76. The first-order chi connectivity index (χ1) is 29.8. The molecular formula is C56H40N4S2. The van der Waals surface area contributed by atoms with Gasteiger partial charge in [-0.3, -0.25) is 0 Å². The summed E-state index contributed by atoms with van der Waals surface area (Å²) >= 11 is 3.60. The van der Waals surface area contributed by atoms with E-state index in [0.717, 1.165) is 59.9 Å². The van der Waals surface area contributed by atoms with Gasteiger partial charge in [-0.2, -0.15) is 10.5 Å². The molecule has 0 saturated heterocycles. The van der Waals surface area contributed by atoms with E-state index in [9.17, 15) is 10.5 Å². The fraction of sp³-hybridized carbons (Fsp3) is 0.214. The lowest BCUT2D eigenvalue weighted by molar-refractivity contribution is 0.231. The van der Waals surface area contributed by atoms with Crippen LogP contribution in [0.2, 0.25) is 0 Å². The maximum absolute atomic E-state index is 11.9. The van der Waals surface area contributed by atoms with E-state index in [1.165, 1.54) is 55.0 Å². The van der Waals surface area contributed by atoms with Crippen LogP contribution in [-0.4, -0.2) is 0 Å². The van der Waals surface area contributed by atoms with Crippen LogP contribution < -0.4 is 9.80 Å². The Morgan fingerprint density at radius 3 is 1.52 bits per heavy atom. The van der Waals surface area contributed by atoms with Crippen molar-refractivity contribution in [2.45, 2.75) is 95.1 Å². The normalized spacial score (nSPS) is 22.4. The van der Waals surface area contributed by atoms with Gasteiger partial charge >= 0.3 is 0 Å². The number of nitrogens with zero attached hydrogens (tertiary/aromatic N) is 4. The molecule has 1 spiro atoms. The molecule has 2 unspecified atom stereocenters. The van der Waals surface area contributed by atoms with Crippen molar-refractivity contribution in [3.63, 3.8) is 0 Å². The topological polar surface area (TPSA) is 54.1 Å². The minimum Gasteiger partial charge on any atom is -0.307 e. The molecule has 3 aliphatic carbocycles. The van der Waals surface area contributed by atoms with Gasteiger partial charge in [0.15, 0.2) is 0 Å². The maximum atomic E-state index is 11.9. The molecule has 296 valence electrons. The highest BCUT2D eigenvalue weighted by atomic mass is 32.2. The lowest BCUT2D eigenvalue weighted by Crippen LogP contribution is -2.51. The van der Waals surface area contributed by atoms with E-state index >= 15 is 0 Å². The lowest BCUT2D eigenvalue weighted by atomic mass is 9.52. The van der Waals surface area contributed by atoms with Crippen molar-refractivity contribution in [1.82, 2.24) is 0 Å². The van der Waals surface area contributed by atoms with E-state index < -0.39 is 16.2 Å². The first-order valence-electron chi connectivity index (χ1n) is 21.6. The second-order valence-electron chi connectivity index (χ2n) is 20.0.